The Morgan fingerprint density at radius 2 is 1.74 bits per heavy atom. The van der Waals surface area contributed by atoms with E-state index in [4.69, 9.17) is 0 Å². The van der Waals surface area contributed by atoms with Crippen LogP contribution in [0.15, 0.2) is 42.6 Å². The monoisotopic (exact) mass is 619 g/mol. The lowest BCUT2D eigenvalue weighted by atomic mass is 10.1. The van der Waals surface area contributed by atoms with E-state index in [9.17, 15) is 35.2 Å². The number of halogens is 6. The van der Waals surface area contributed by atoms with Crippen LogP contribution in [0.4, 0.5) is 27.8 Å². The molecule has 3 rings (SSSR count). The number of sulfonamides is 1. The number of rotatable bonds is 9. The fourth-order valence-corrected chi connectivity index (χ4v) is 6.84. The summed E-state index contributed by atoms with van der Waals surface area (Å²) in [6, 6.07) is 5.82. The third-order valence-corrected chi connectivity index (χ3v) is 9.43. The first-order chi connectivity index (χ1) is 16.1. The summed E-state index contributed by atoms with van der Waals surface area (Å²) in [5, 5.41) is 0. The molecule has 0 saturated carbocycles. The molecule has 0 amide bonds. The molecule has 0 aliphatic carbocycles. The number of imidazole rings is 1. The quantitative estimate of drug-likeness (QED) is 0.171. The zero-order valence-corrected chi connectivity index (χ0v) is 22.3. The van der Waals surface area contributed by atoms with Crippen molar-refractivity contribution in [2.75, 3.05) is 10.5 Å². The Morgan fingerprint density at radius 3 is 2.34 bits per heavy atom. The number of benzene rings is 1. The van der Waals surface area contributed by atoms with Crippen molar-refractivity contribution in [3.05, 3.63) is 49.8 Å². The van der Waals surface area contributed by atoms with Crippen LogP contribution in [-0.2, 0) is 10.0 Å². The maximum absolute atomic E-state index is 13.1. The number of unbranched alkanes of at least 4 members (excludes halogenated alkanes) is 1. The number of anilines is 1. The van der Waals surface area contributed by atoms with Crippen molar-refractivity contribution in [2.24, 2.45) is 0 Å². The highest BCUT2D eigenvalue weighted by atomic mass is 79.9. The molecule has 35 heavy (non-hydrogen) atoms. The third-order valence-electron chi connectivity index (χ3n) is 5.02. The average Bonchev–Trinajstić information content (AvgIpc) is 3.06. The zero-order chi connectivity index (χ0) is 26.2. The highest BCUT2D eigenvalue weighted by molar-refractivity contribution is 9.10. The first kappa shape index (κ1) is 27.9. The lowest BCUT2D eigenvalue weighted by Gasteiger charge is -2.19. The van der Waals surface area contributed by atoms with Gasteiger partial charge in [-0.15, -0.1) is 23.1 Å². The number of nitrogens with one attached hydrogen (secondary N) is 1. The van der Waals surface area contributed by atoms with E-state index in [-0.39, 0.29) is 35.0 Å². The van der Waals surface area contributed by atoms with Crippen LogP contribution in [0, 0.1) is 13.8 Å². The molecule has 192 valence electrons. The molecule has 0 unspecified atom stereocenters. The van der Waals surface area contributed by atoms with Crippen LogP contribution in [0.25, 0.3) is 5.69 Å². The molecule has 1 aromatic rings. The fourth-order valence-electron chi connectivity index (χ4n) is 3.04. The Hall–Kier alpha value is -1.71. The Morgan fingerprint density at radius 1 is 1.11 bits per heavy atom. The zero-order valence-electron chi connectivity index (χ0n) is 18.2. The topological polar surface area (TPSA) is 81.1 Å². The maximum Gasteiger partial charge on any atom is 0.453 e. The van der Waals surface area contributed by atoms with Crippen LogP contribution < -0.4 is 10.4 Å². The van der Waals surface area contributed by atoms with Gasteiger partial charge < -0.3 is 0 Å². The molecule has 15 heteroatoms. The summed E-state index contributed by atoms with van der Waals surface area (Å²) in [5.74, 6) is -4.76. The van der Waals surface area contributed by atoms with Crippen LogP contribution in [0.3, 0.4) is 0 Å². The molecule has 0 spiro atoms. The van der Waals surface area contributed by atoms with Crippen LogP contribution in [-0.4, -0.2) is 35.8 Å². The molecular formula is C20H19BrF5N3O3S3. The second-order valence-electron chi connectivity index (χ2n) is 7.53. The Balaban J connectivity index is 1.85. The summed E-state index contributed by atoms with van der Waals surface area (Å²) in [7, 11) is -4.09. The number of aromatic nitrogens is 2. The largest absolute Gasteiger partial charge is 0.453 e. The normalized spacial score (nSPS) is 12.9. The Kier molecular flexibility index (Phi) is 8.24. The number of thioether (sulfide) groups is 1. The summed E-state index contributed by atoms with van der Waals surface area (Å²) in [5.41, 5.74) is 0.0498. The number of fused-ring (bicyclic) bond motifs is 1. The molecule has 2 aliphatic heterocycles. The smallest absolute Gasteiger partial charge is 0.261 e. The van der Waals surface area contributed by atoms with Crippen molar-refractivity contribution in [3.8, 4) is 5.69 Å². The molecule has 2 heterocycles. The van der Waals surface area contributed by atoms with E-state index in [1.165, 1.54) is 40.2 Å². The minimum Gasteiger partial charge on any atom is -0.261 e. The van der Waals surface area contributed by atoms with Gasteiger partial charge in [-0.3, -0.25) is 9.29 Å². The predicted molar refractivity (Wildman–Crippen MR) is 129 cm³/mol. The second-order valence-corrected chi connectivity index (χ2v) is 12.7. The van der Waals surface area contributed by atoms with Gasteiger partial charge in [-0.25, -0.2) is 13.2 Å². The highest BCUT2D eigenvalue weighted by Gasteiger charge is 2.56. The van der Waals surface area contributed by atoms with E-state index in [2.05, 4.69) is 25.6 Å². The summed E-state index contributed by atoms with van der Waals surface area (Å²) in [6.07, 6.45) is -7.22. The van der Waals surface area contributed by atoms with Crippen molar-refractivity contribution in [1.82, 2.24) is 9.55 Å². The van der Waals surface area contributed by atoms with Gasteiger partial charge in [-0.1, -0.05) is 15.9 Å². The van der Waals surface area contributed by atoms with Gasteiger partial charge >= 0.3 is 17.8 Å². The summed E-state index contributed by atoms with van der Waals surface area (Å²) in [4.78, 5) is 17.1. The van der Waals surface area contributed by atoms with Crippen LogP contribution >= 0.6 is 39.0 Å². The van der Waals surface area contributed by atoms with Crippen LogP contribution in [0.2, 0.25) is 0 Å². The van der Waals surface area contributed by atoms with Crippen molar-refractivity contribution >= 4 is 54.9 Å². The molecule has 6 nitrogen and oxygen atoms in total. The van der Waals surface area contributed by atoms with Crippen molar-refractivity contribution in [2.45, 2.75) is 54.3 Å². The maximum atomic E-state index is 13.1. The van der Waals surface area contributed by atoms with Crippen molar-refractivity contribution < 1.29 is 30.4 Å². The predicted octanol–water partition coefficient (Wildman–Crippen LogP) is 6.37. The van der Waals surface area contributed by atoms with Gasteiger partial charge in [0.2, 0.25) is 0 Å². The molecule has 1 N–H and O–H groups in total. The van der Waals surface area contributed by atoms with Gasteiger partial charge in [0.25, 0.3) is 10.0 Å². The lowest BCUT2D eigenvalue weighted by Crippen LogP contribution is -2.36. The van der Waals surface area contributed by atoms with E-state index in [0.29, 0.717) is 14.4 Å². The molecule has 0 radical (unpaired) electrons. The van der Waals surface area contributed by atoms with E-state index < -0.39 is 34.2 Å². The molecule has 0 atom stereocenters. The Bertz CT molecular complexity index is 1340. The summed E-state index contributed by atoms with van der Waals surface area (Å²) < 4.78 is 93.7. The first-order valence-electron chi connectivity index (χ1n) is 10.0. The fraction of sp³-hybridized carbons (Fsp3) is 0.400. The summed E-state index contributed by atoms with van der Waals surface area (Å²) >= 11 is 5.60. The van der Waals surface area contributed by atoms with Crippen LogP contribution in [0.1, 0.15) is 29.8 Å². The highest BCUT2D eigenvalue weighted by Crippen LogP contribution is 2.41. The molecule has 0 bridgehead atoms. The van der Waals surface area contributed by atoms with Gasteiger partial charge in [-0.05, 0) is 56.7 Å². The number of alkyl halides is 5. The standard InChI is InChI=1S/C20H19BrF5N3O3S3/c1-11-12(2)34-17(33-10-4-3-9-19(22,23)20(24,25)26)15-16(27-18(30)29(11)15)28-35(31,32)14-7-5-13(21)6-8-14/h5-8H,3-4,9-10H2,1-2H3,(H,27,28,30). The molecule has 2 aliphatic rings. The van der Waals surface area contributed by atoms with Gasteiger partial charge in [0.15, 0.2) is 5.82 Å². The van der Waals surface area contributed by atoms with Gasteiger partial charge in [0, 0.05) is 21.5 Å². The van der Waals surface area contributed by atoms with Gasteiger partial charge in [-0.2, -0.15) is 26.9 Å². The average molecular weight is 620 g/mol. The molecule has 0 aromatic heterocycles. The number of nitrogens with zero attached hydrogens (tertiary/aromatic N) is 2. The van der Waals surface area contributed by atoms with Crippen molar-refractivity contribution in [1.29, 1.82) is 0 Å². The Labute approximate surface area is 214 Å². The number of hydrogen-bond acceptors (Lipinski definition) is 6. The van der Waals surface area contributed by atoms with Gasteiger partial charge in [0.1, 0.15) is 5.69 Å². The van der Waals surface area contributed by atoms with Gasteiger partial charge in [0.05, 0.1) is 9.10 Å². The summed E-state index contributed by atoms with van der Waals surface area (Å²) in [6.45, 7) is 3.42. The van der Waals surface area contributed by atoms with E-state index in [1.54, 1.807) is 13.8 Å². The number of aryl methyl sites for hydroxylation is 1. The second kappa shape index (κ2) is 10.3. The first-order valence-corrected chi connectivity index (χ1v) is 14.1. The SMILES string of the molecule is Cc1sc(SCCCCC(F)(F)C(F)(F)F)c2c(NS(=O)(=O)c3ccc(Br)cc3)nc(=O)n-2c1C. The molecule has 0 saturated heterocycles. The molecular weight excluding hydrogens is 601 g/mol. The van der Waals surface area contributed by atoms with E-state index >= 15 is 0 Å². The lowest BCUT2D eigenvalue weighted by molar-refractivity contribution is -0.284. The van der Waals surface area contributed by atoms with E-state index in [1.807, 2.05) is 0 Å². The molecule has 0 fully saturated rings. The van der Waals surface area contributed by atoms with Crippen molar-refractivity contribution in [3.63, 3.8) is 0 Å². The third kappa shape index (κ3) is 6.17. The minimum atomic E-state index is -5.59. The molecule has 1 aromatic carbocycles. The van der Waals surface area contributed by atoms with E-state index in [0.717, 1.165) is 16.6 Å². The minimum absolute atomic E-state index is 0.0541. The van der Waals surface area contributed by atoms with Crippen LogP contribution in [0.5, 0.6) is 0 Å². The number of hydrogen-bond donors (Lipinski definition) is 1.